The van der Waals surface area contributed by atoms with E-state index in [1.807, 2.05) is 158 Å². The van der Waals surface area contributed by atoms with Gasteiger partial charge in [0.25, 0.3) is 0 Å². The Morgan fingerprint density at radius 3 is 1.17 bits per heavy atom. The Labute approximate surface area is 409 Å². The Bertz CT molecular complexity index is 3830. The van der Waals surface area contributed by atoms with E-state index in [9.17, 15) is 10.5 Å². The molecule has 330 valence electrons. The second-order valence-corrected chi connectivity index (χ2v) is 17.1. The zero-order valence-electron chi connectivity index (χ0n) is 38.0. The van der Waals surface area contributed by atoms with Gasteiger partial charge in [0.05, 0.1) is 51.4 Å². The fraction of sp³-hybridized carbons (Fsp3) is 0. The minimum Gasteiger partial charge on any atom is -0.309 e. The van der Waals surface area contributed by atoms with Gasteiger partial charge < -0.3 is 4.57 Å². The van der Waals surface area contributed by atoms with Crippen LogP contribution in [-0.2, 0) is 0 Å². The Hall–Kier alpha value is -10.2. The first-order valence-electron chi connectivity index (χ1n) is 23.2. The summed E-state index contributed by atoms with van der Waals surface area (Å²) in [5.74, 6) is 2.21. The number of rotatable bonds is 9. The normalized spacial score (nSPS) is 11.1. The summed E-state index contributed by atoms with van der Waals surface area (Å²) in [6.07, 6.45) is 0. The van der Waals surface area contributed by atoms with Crippen molar-refractivity contribution < 1.29 is 0 Å². The molecule has 0 N–H and O–H groups in total. The number of hydrogen-bond acceptors (Lipinski definition) is 7. The first-order valence-corrected chi connectivity index (χ1v) is 23.2. The van der Waals surface area contributed by atoms with Crippen LogP contribution >= 0.6 is 0 Å². The summed E-state index contributed by atoms with van der Waals surface area (Å²) in [5.41, 5.74) is 14.4. The molecule has 0 saturated heterocycles. The summed E-state index contributed by atoms with van der Waals surface area (Å²) >= 11 is 0. The van der Waals surface area contributed by atoms with Crippen LogP contribution in [0, 0.1) is 22.7 Å². The minimum atomic E-state index is 0.507. The summed E-state index contributed by atoms with van der Waals surface area (Å²) in [6, 6.07) is 81.6. The Morgan fingerprint density at radius 2 is 0.690 bits per heavy atom. The molecular weight excluding hydrogens is 869 g/mol. The molecule has 0 saturated carbocycles. The van der Waals surface area contributed by atoms with Gasteiger partial charge in [0, 0.05) is 44.2 Å². The third-order valence-electron chi connectivity index (χ3n) is 12.7. The standard InChI is InChI=1S/C63H38N8/c64-39-41-15-13-25-47(33-41)49-27-30-52-53-31-28-50(48-26-14-16-42(34-48)40-65)37-59(53)71(58(52)36-49)57-32-29-51(63-69-61(45-21-9-3-10-22-45)68-62(70-63)46-23-11-4-12-24-46)35-54(57)56-38-55(43-17-5-1-6-18-43)66-60(67-56)44-19-7-2-8-20-44/h1-38H. The minimum absolute atomic E-state index is 0.507. The van der Waals surface area contributed by atoms with Crippen molar-refractivity contribution in [2.45, 2.75) is 0 Å². The first kappa shape index (κ1) is 42.2. The van der Waals surface area contributed by atoms with Crippen molar-refractivity contribution in [3.05, 3.63) is 242 Å². The van der Waals surface area contributed by atoms with Crippen LogP contribution < -0.4 is 0 Å². The topological polar surface area (TPSA) is 117 Å². The van der Waals surface area contributed by atoms with Crippen molar-refractivity contribution in [2.24, 2.45) is 0 Å². The smallest absolute Gasteiger partial charge is 0.164 e. The Balaban J connectivity index is 1.18. The van der Waals surface area contributed by atoms with Crippen LogP contribution in [0.15, 0.2) is 231 Å². The fourth-order valence-electron chi connectivity index (χ4n) is 9.25. The quantitative estimate of drug-likeness (QED) is 0.142. The van der Waals surface area contributed by atoms with E-state index in [2.05, 4.69) is 89.5 Å². The van der Waals surface area contributed by atoms with Crippen molar-refractivity contribution in [1.82, 2.24) is 29.5 Å². The summed E-state index contributed by atoms with van der Waals surface area (Å²) < 4.78 is 2.31. The highest BCUT2D eigenvalue weighted by molar-refractivity contribution is 6.12. The SMILES string of the molecule is N#Cc1cccc(-c2ccc3c4ccc(-c5cccc(C#N)c5)cc4n(-c4ccc(-c5nc(-c6ccccc6)nc(-c6ccccc6)n5)cc4-c4cc(-c5ccccc5)nc(-c5ccccc5)n4)c3c2)c1. The van der Waals surface area contributed by atoms with Crippen LogP contribution in [0.25, 0.3) is 118 Å². The predicted octanol–water partition coefficient (Wildman–Crippen LogP) is 14.8. The largest absolute Gasteiger partial charge is 0.309 e. The van der Waals surface area contributed by atoms with Crippen molar-refractivity contribution in [2.75, 3.05) is 0 Å². The summed E-state index contributed by atoms with van der Waals surface area (Å²) in [7, 11) is 0. The van der Waals surface area contributed by atoms with E-state index >= 15 is 0 Å². The lowest BCUT2D eigenvalue weighted by molar-refractivity contribution is 1.07. The van der Waals surface area contributed by atoms with Gasteiger partial charge in [0.2, 0.25) is 0 Å². The highest BCUT2D eigenvalue weighted by Crippen LogP contribution is 2.42. The van der Waals surface area contributed by atoms with Crippen molar-refractivity contribution >= 4 is 21.8 Å². The molecule has 0 amide bonds. The molecule has 0 radical (unpaired) electrons. The van der Waals surface area contributed by atoms with Crippen LogP contribution in [0.3, 0.4) is 0 Å². The third-order valence-corrected chi connectivity index (χ3v) is 12.7. The number of fused-ring (bicyclic) bond motifs is 3. The van der Waals surface area contributed by atoms with Crippen LogP contribution in [0.5, 0.6) is 0 Å². The lowest BCUT2D eigenvalue weighted by Crippen LogP contribution is -2.03. The number of nitriles is 2. The molecule has 0 fully saturated rings. The lowest BCUT2D eigenvalue weighted by Gasteiger charge is -2.17. The van der Waals surface area contributed by atoms with E-state index in [4.69, 9.17) is 24.9 Å². The average Bonchev–Trinajstić information content (AvgIpc) is 3.78. The maximum Gasteiger partial charge on any atom is 0.164 e. The van der Waals surface area contributed by atoms with Crippen molar-refractivity contribution in [3.8, 4) is 108 Å². The molecule has 0 spiro atoms. The highest BCUT2D eigenvalue weighted by atomic mass is 15.0. The number of aromatic nitrogens is 6. The number of benzene rings is 9. The van der Waals surface area contributed by atoms with Gasteiger partial charge in [-0.1, -0.05) is 170 Å². The van der Waals surface area contributed by atoms with E-state index in [0.717, 1.165) is 88.8 Å². The average molecular weight is 907 g/mol. The van der Waals surface area contributed by atoms with Crippen LogP contribution in [0.2, 0.25) is 0 Å². The number of nitrogens with zero attached hydrogens (tertiary/aromatic N) is 8. The molecule has 8 nitrogen and oxygen atoms in total. The Kier molecular flexibility index (Phi) is 10.8. The van der Waals surface area contributed by atoms with Gasteiger partial charge in [-0.15, -0.1) is 0 Å². The molecule has 12 aromatic rings. The zero-order chi connectivity index (χ0) is 47.7. The summed E-state index contributed by atoms with van der Waals surface area (Å²) in [6.45, 7) is 0. The number of hydrogen-bond donors (Lipinski definition) is 0. The van der Waals surface area contributed by atoms with Crippen molar-refractivity contribution in [3.63, 3.8) is 0 Å². The van der Waals surface area contributed by atoms with Gasteiger partial charge in [0.1, 0.15) is 0 Å². The van der Waals surface area contributed by atoms with Crippen LogP contribution in [0.4, 0.5) is 0 Å². The second-order valence-electron chi connectivity index (χ2n) is 17.1. The van der Waals surface area contributed by atoms with Crippen LogP contribution in [0.1, 0.15) is 11.1 Å². The molecule has 0 aliphatic carbocycles. The molecule has 0 aliphatic rings. The molecule has 0 bridgehead atoms. The van der Waals surface area contributed by atoms with E-state index in [1.165, 1.54) is 0 Å². The zero-order valence-corrected chi connectivity index (χ0v) is 38.0. The predicted molar refractivity (Wildman–Crippen MR) is 283 cm³/mol. The van der Waals surface area contributed by atoms with Gasteiger partial charge in [0.15, 0.2) is 23.3 Å². The summed E-state index contributed by atoms with van der Waals surface area (Å²) in [4.78, 5) is 25.9. The van der Waals surface area contributed by atoms with Gasteiger partial charge >= 0.3 is 0 Å². The van der Waals surface area contributed by atoms with Crippen LogP contribution in [-0.4, -0.2) is 29.5 Å². The monoisotopic (exact) mass is 906 g/mol. The summed E-state index contributed by atoms with van der Waals surface area (Å²) in [5, 5.41) is 21.9. The van der Waals surface area contributed by atoms with E-state index in [0.29, 0.717) is 40.1 Å². The Morgan fingerprint density at radius 1 is 0.296 bits per heavy atom. The fourth-order valence-corrected chi connectivity index (χ4v) is 9.25. The molecule has 0 atom stereocenters. The highest BCUT2D eigenvalue weighted by Gasteiger charge is 2.22. The van der Waals surface area contributed by atoms with E-state index < -0.39 is 0 Å². The molecule has 8 heteroatoms. The molecule has 9 aromatic carbocycles. The molecule has 3 aromatic heterocycles. The lowest BCUT2D eigenvalue weighted by atomic mass is 10.0. The maximum atomic E-state index is 9.90. The van der Waals surface area contributed by atoms with E-state index in [1.54, 1.807) is 0 Å². The molecule has 3 heterocycles. The molecule has 0 unspecified atom stereocenters. The van der Waals surface area contributed by atoms with Crippen molar-refractivity contribution in [1.29, 1.82) is 10.5 Å². The molecule has 12 rings (SSSR count). The van der Waals surface area contributed by atoms with Gasteiger partial charge in [-0.2, -0.15) is 10.5 Å². The maximum absolute atomic E-state index is 9.90. The third kappa shape index (κ3) is 8.14. The molecule has 0 aliphatic heterocycles. The van der Waals surface area contributed by atoms with E-state index in [-0.39, 0.29) is 0 Å². The molecular formula is C63H38N8. The van der Waals surface area contributed by atoms with Gasteiger partial charge in [-0.25, -0.2) is 24.9 Å². The van der Waals surface area contributed by atoms with Gasteiger partial charge in [-0.3, -0.25) is 0 Å². The second kappa shape index (κ2) is 18.2. The molecule has 71 heavy (non-hydrogen) atoms. The first-order chi connectivity index (χ1) is 35.1. The van der Waals surface area contributed by atoms with Gasteiger partial charge in [-0.05, 0) is 82.9 Å².